The molecule has 3 heterocycles. The Bertz CT molecular complexity index is 910. The third-order valence-electron chi connectivity index (χ3n) is 3.25. The summed E-state index contributed by atoms with van der Waals surface area (Å²) in [5.41, 5.74) is 2.73. The lowest BCUT2D eigenvalue weighted by molar-refractivity contribution is 0.734. The van der Waals surface area contributed by atoms with Crippen molar-refractivity contribution >= 4 is 22.4 Å². The van der Waals surface area contributed by atoms with Crippen molar-refractivity contribution in [3.63, 3.8) is 0 Å². The number of rotatable bonds is 3. The summed E-state index contributed by atoms with van der Waals surface area (Å²) >= 11 is 0. The number of fused-ring (bicyclic) bond motifs is 2. The third-order valence-corrected chi connectivity index (χ3v) is 3.25. The third kappa shape index (κ3) is 2.14. The number of pyridine rings is 1. The first-order chi connectivity index (χ1) is 10.4. The molecule has 0 fully saturated rings. The van der Waals surface area contributed by atoms with E-state index in [1.165, 1.54) is 4.63 Å². The van der Waals surface area contributed by atoms with Crippen molar-refractivity contribution in [3.05, 3.63) is 54.2 Å². The quantitative estimate of drug-likeness (QED) is 0.613. The monoisotopic (exact) mass is 277 g/mol. The Morgan fingerprint density at radius 3 is 3.00 bits per heavy atom. The lowest BCUT2D eigenvalue weighted by atomic mass is 10.1. The van der Waals surface area contributed by atoms with Gasteiger partial charge in [0.15, 0.2) is 5.65 Å². The van der Waals surface area contributed by atoms with E-state index in [4.69, 9.17) is 0 Å². The first-order valence-electron chi connectivity index (χ1n) is 6.52. The molecular weight excluding hydrogens is 266 g/mol. The Kier molecular flexibility index (Phi) is 2.67. The smallest absolute Gasteiger partial charge is 0.200 e. The summed E-state index contributed by atoms with van der Waals surface area (Å²) in [6.45, 7) is 0.634. The van der Waals surface area contributed by atoms with Gasteiger partial charge in [-0.25, -0.2) is 0 Å². The molecule has 7 heteroatoms. The number of anilines is 1. The summed E-state index contributed by atoms with van der Waals surface area (Å²) < 4.78 is 1.39. The molecule has 7 nitrogen and oxygen atoms in total. The lowest BCUT2D eigenvalue weighted by Gasteiger charge is -2.07. The normalized spacial score (nSPS) is 11.0. The number of nitrogens with one attached hydrogen (secondary N) is 1. The summed E-state index contributed by atoms with van der Waals surface area (Å²) in [7, 11) is 0. The molecule has 0 aliphatic heterocycles. The van der Waals surface area contributed by atoms with Crippen molar-refractivity contribution in [2.75, 3.05) is 5.32 Å². The molecule has 0 saturated carbocycles. The van der Waals surface area contributed by atoms with Crippen LogP contribution in [0.3, 0.4) is 0 Å². The van der Waals surface area contributed by atoms with Gasteiger partial charge in [0.2, 0.25) is 0 Å². The second-order valence-electron chi connectivity index (χ2n) is 4.59. The van der Waals surface area contributed by atoms with Gasteiger partial charge in [0.1, 0.15) is 5.82 Å². The predicted octanol–water partition coefficient (Wildman–Crippen LogP) is 1.68. The summed E-state index contributed by atoms with van der Waals surface area (Å²) in [4.78, 5) is 4.44. The zero-order valence-electron chi connectivity index (χ0n) is 11.0. The van der Waals surface area contributed by atoms with E-state index in [-0.39, 0.29) is 0 Å². The zero-order chi connectivity index (χ0) is 14.1. The minimum absolute atomic E-state index is 0.618. The number of hydrogen-bond acceptors (Lipinski definition) is 6. The van der Waals surface area contributed by atoms with Crippen LogP contribution in [0.15, 0.2) is 48.7 Å². The van der Waals surface area contributed by atoms with Crippen molar-refractivity contribution in [1.29, 1.82) is 0 Å². The Balaban J connectivity index is 1.63. The van der Waals surface area contributed by atoms with Crippen molar-refractivity contribution < 1.29 is 0 Å². The van der Waals surface area contributed by atoms with Crippen molar-refractivity contribution in [2.24, 2.45) is 0 Å². The van der Waals surface area contributed by atoms with E-state index in [2.05, 4.69) is 49.1 Å². The maximum atomic E-state index is 4.44. The van der Waals surface area contributed by atoms with E-state index in [1.54, 1.807) is 6.20 Å². The Morgan fingerprint density at radius 2 is 2.00 bits per heavy atom. The molecule has 0 aliphatic rings. The highest BCUT2D eigenvalue weighted by atomic mass is 15.6. The predicted molar refractivity (Wildman–Crippen MR) is 77.6 cm³/mol. The summed E-state index contributed by atoms with van der Waals surface area (Å²) in [6.07, 6.45) is 1.80. The fourth-order valence-electron chi connectivity index (χ4n) is 2.24. The minimum Gasteiger partial charge on any atom is -0.364 e. The average molecular weight is 277 g/mol. The fourth-order valence-corrected chi connectivity index (χ4v) is 2.24. The average Bonchev–Trinajstić information content (AvgIpc) is 3.00. The van der Waals surface area contributed by atoms with Gasteiger partial charge in [0, 0.05) is 18.1 Å². The van der Waals surface area contributed by atoms with Crippen LogP contribution in [-0.4, -0.2) is 30.2 Å². The first kappa shape index (κ1) is 11.7. The Labute approximate surface area is 119 Å². The van der Waals surface area contributed by atoms with Gasteiger partial charge in [-0.15, -0.1) is 14.8 Å². The van der Waals surface area contributed by atoms with E-state index in [0.717, 1.165) is 16.5 Å². The maximum absolute atomic E-state index is 4.44. The molecule has 3 aromatic heterocycles. The van der Waals surface area contributed by atoms with Crippen LogP contribution in [0.25, 0.3) is 16.6 Å². The molecule has 0 radical (unpaired) electrons. The number of hydrogen-bond donors (Lipinski definition) is 1. The molecule has 21 heavy (non-hydrogen) atoms. The van der Waals surface area contributed by atoms with E-state index in [1.807, 2.05) is 24.3 Å². The molecule has 0 aliphatic carbocycles. The molecule has 4 aromatic rings. The van der Waals surface area contributed by atoms with Gasteiger partial charge in [0.25, 0.3) is 0 Å². The van der Waals surface area contributed by atoms with Crippen LogP contribution in [0.1, 0.15) is 5.56 Å². The largest absolute Gasteiger partial charge is 0.364 e. The van der Waals surface area contributed by atoms with Crippen molar-refractivity contribution in [3.8, 4) is 0 Å². The van der Waals surface area contributed by atoms with Crippen LogP contribution >= 0.6 is 0 Å². The van der Waals surface area contributed by atoms with E-state index in [0.29, 0.717) is 18.0 Å². The maximum Gasteiger partial charge on any atom is 0.200 e. The van der Waals surface area contributed by atoms with Crippen LogP contribution < -0.4 is 5.32 Å². The molecule has 1 aromatic carbocycles. The molecule has 0 amide bonds. The zero-order valence-corrected chi connectivity index (χ0v) is 11.0. The summed E-state index contributed by atoms with van der Waals surface area (Å²) in [5, 5.41) is 19.8. The van der Waals surface area contributed by atoms with Crippen LogP contribution in [0, 0.1) is 0 Å². The molecule has 1 N–H and O–H groups in total. The van der Waals surface area contributed by atoms with Crippen LogP contribution in [0.5, 0.6) is 0 Å². The highest BCUT2D eigenvalue weighted by Crippen LogP contribution is 2.17. The highest BCUT2D eigenvalue weighted by molar-refractivity contribution is 5.81. The number of para-hydroxylation sites is 1. The second-order valence-corrected chi connectivity index (χ2v) is 4.59. The number of nitrogens with zero attached hydrogens (tertiary/aromatic N) is 6. The SMILES string of the molecule is c1cnc2c(CNc3ccc4nnnn4n3)cccc2c1. The molecule has 0 spiro atoms. The van der Waals surface area contributed by atoms with E-state index in [9.17, 15) is 0 Å². The molecule has 4 rings (SSSR count). The summed E-state index contributed by atoms with van der Waals surface area (Å²) in [5.74, 6) is 0.711. The van der Waals surface area contributed by atoms with Gasteiger partial charge in [-0.2, -0.15) is 0 Å². The van der Waals surface area contributed by atoms with Gasteiger partial charge in [0.05, 0.1) is 5.52 Å². The van der Waals surface area contributed by atoms with Gasteiger partial charge >= 0.3 is 0 Å². The molecular formula is C14H11N7. The molecule has 102 valence electrons. The van der Waals surface area contributed by atoms with Gasteiger partial charge in [-0.1, -0.05) is 24.3 Å². The molecule has 0 unspecified atom stereocenters. The van der Waals surface area contributed by atoms with E-state index >= 15 is 0 Å². The number of tetrazole rings is 1. The van der Waals surface area contributed by atoms with E-state index < -0.39 is 0 Å². The molecule has 0 bridgehead atoms. The number of benzene rings is 1. The minimum atomic E-state index is 0.618. The topological polar surface area (TPSA) is 80.9 Å². The standard InChI is InChI=1S/C14H11N7/c1-3-10-5-2-8-15-14(10)11(4-1)9-16-12-6-7-13-17-19-20-21(13)18-12/h1-8H,9H2,(H,16,18). The first-order valence-corrected chi connectivity index (χ1v) is 6.52. The summed E-state index contributed by atoms with van der Waals surface area (Å²) in [6, 6.07) is 13.8. The van der Waals surface area contributed by atoms with Crippen molar-refractivity contribution in [2.45, 2.75) is 6.54 Å². The van der Waals surface area contributed by atoms with Crippen molar-refractivity contribution in [1.82, 2.24) is 30.2 Å². The van der Waals surface area contributed by atoms with Crippen LogP contribution in [-0.2, 0) is 6.54 Å². The van der Waals surface area contributed by atoms with Gasteiger partial charge < -0.3 is 5.32 Å². The fraction of sp³-hybridized carbons (Fsp3) is 0.0714. The molecule has 0 atom stereocenters. The molecule has 0 saturated heterocycles. The van der Waals surface area contributed by atoms with Gasteiger partial charge in [-0.05, 0) is 34.2 Å². The van der Waals surface area contributed by atoms with Crippen LogP contribution in [0.2, 0.25) is 0 Å². The van der Waals surface area contributed by atoms with Gasteiger partial charge in [-0.3, -0.25) is 4.98 Å². The number of aromatic nitrogens is 6. The Hall–Kier alpha value is -3.09. The second kappa shape index (κ2) is 4.78. The highest BCUT2D eigenvalue weighted by Gasteiger charge is 2.03. The lowest BCUT2D eigenvalue weighted by Crippen LogP contribution is -2.05. The Morgan fingerprint density at radius 1 is 1.05 bits per heavy atom. The van der Waals surface area contributed by atoms with Crippen LogP contribution in [0.4, 0.5) is 5.82 Å².